The zero-order valence-corrected chi connectivity index (χ0v) is 15.2. The van der Waals surface area contributed by atoms with Crippen LogP contribution in [-0.2, 0) is 16.1 Å². The molecule has 0 unspecified atom stereocenters. The quantitative estimate of drug-likeness (QED) is 0.810. The third kappa shape index (κ3) is 4.57. The SMILES string of the molecule is CN(C)C(=O)CCC(=O)N1C[C@H]2CC[C@@H]1CN(Cc1cccnc1)C2. The Morgan fingerprint density at radius 3 is 2.76 bits per heavy atom. The first kappa shape index (κ1) is 17.9. The van der Waals surface area contributed by atoms with Crippen molar-refractivity contribution in [2.45, 2.75) is 38.3 Å². The van der Waals surface area contributed by atoms with Gasteiger partial charge >= 0.3 is 0 Å². The van der Waals surface area contributed by atoms with Crippen LogP contribution in [0.3, 0.4) is 0 Å². The predicted molar refractivity (Wildman–Crippen MR) is 95.7 cm³/mol. The van der Waals surface area contributed by atoms with Crippen LogP contribution in [0.4, 0.5) is 0 Å². The van der Waals surface area contributed by atoms with E-state index >= 15 is 0 Å². The Morgan fingerprint density at radius 2 is 2.04 bits per heavy atom. The van der Waals surface area contributed by atoms with Crippen LogP contribution in [0, 0.1) is 5.92 Å². The van der Waals surface area contributed by atoms with Crippen LogP contribution in [0.25, 0.3) is 0 Å². The fraction of sp³-hybridized carbons (Fsp3) is 0.632. The van der Waals surface area contributed by atoms with E-state index in [1.165, 1.54) is 12.0 Å². The second-order valence-corrected chi connectivity index (χ2v) is 7.49. The molecule has 2 amide bonds. The molecule has 4 heterocycles. The Bertz CT molecular complexity index is 605. The molecule has 3 aliphatic heterocycles. The van der Waals surface area contributed by atoms with Crippen LogP contribution in [0.5, 0.6) is 0 Å². The Labute approximate surface area is 149 Å². The van der Waals surface area contributed by atoms with E-state index in [1.807, 2.05) is 17.2 Å². The van der Waals surface area contributed by atoms with Gasteiger partial charge in [0.05, 0.1) is 0 Å². The van der Waals surface area contributed by atoms with Crippen LogP contribution < -0.4 is 0 Å². The lowest BCUT2D eigenvalue weighted by molar-refractivity contribution is -0.138. The molecule has 6 heteroatoms. The monoisotopic (exact) mass is 344 g/mol. The summed E-state index contributed by atoms with van der Waals surface area (Å²) in [5, 5.41) is 0. The van der Waals surface area contributed by atoms with E-state index in [2.05, 4.69) is 16.0 Å². The molecule has 1 aromatic rings. The van der Waals surface area contributed by atoms with Crippen molar-refractivity contribution in [1.82, 2.24) is 19.7 Å². The second-order valence-electron chi connectivity index (χ2n) is 7.49. The molecule has 0 N–H and O–H groups in total. The van der Waals surface area contributed by atoms with Gasteiger partial charge in [-0.25, -0.2) is 0 Å². The number of carbonyl (C=O) groups is 2. The molecular formula is C19H28N4O2. The number of amides is 2. The third-order valence-electron chi connectivity index (χ3n) is 5.29. The Balaban J connectivity index is 1.59. The number of rotatable bonds is 5. The summed E-state index contributed by atoms with van der Waals surface area (Å²) in [6.07, 6.45) is 6.60. The van der Waals surface area contributed by atoms with E-state index in [4.69, 9.17) is 0 Å². The molecule has 6 nitrogen and oxygen atoms in total. The molecule has 4 rings (SSSR count). The summed E-state index contributed by atoms with van der Waals surface area (Å²) in [7, 11) is 3.47. The fourth-order valence-corrected chi connectivity index (χ4v) is 3.94. The Kier molecular flexibility index (Phi) is 5.68. The smallest absolute Gasteiger partial charge is 0.223 e. The molecule has 0 aromatic carbocycles. The summed E-state index contributed by atoms with van der Waals surface area (Å²) >= 11 is 0. The number of nitrogens with zero attached hydrogens (tertiary/aromatic N) is 4. The van der Waals surface area contributed by atoms with E-state index in [0.717, 1.165) is 32.6 Å². The van der Waals surface area contributed by atoms with Crippen molar-refractivity contribution in [3.8, 4) is 0 Å². The van der Waals surface area contributed by atoms with Crippen molar-refractivity contribution in [3.05, 3.63) is 30.1 Å². The lowest BCUT2D eigenvalue weighted by atomic mass is 9.94. The molecule has 0 radical (unpaired) electrons. The molecule has 3 fully saturated rings. The molecule has 0 aliphatic carbocycles. The van der Waals surface area contributed by atoms with E-state index in [-0.39, 0.29) is 17.9 Å². The molecule has 25 heavy (non-hydrogen) atoms. The zero-order valence-electron chi connectivity index (χ0n) is 15.2. The fourth-order valence-electron chi connectivity index (χ4n) is 3.94. The number of hydrogen-bond acceptors (Lipinski definition) is 4. The summed E-state index contributed by atoms with van der Waals surface area (Å²) in [6.45, 7) is 3.68. The standard InChI is InChI=1S/C19H28N4O2/c1-21(2)18(24)7-8-19(25)23-13-16-5-6-17(23)14-22(12-16)11-15-4-3-9-20-10-15/h3-4,9-10,16-17H,5-8,11-14H2,1-2H3/t16-,17+/m0/s1. The van der Waals surface area contributed by atoms with Gasteiger partial charge in [-0.05, 0) is 30.4 Å². The first-order valence-electron chi connectivity index (χ1n) is 9.14. The minimum atomic E-state index is 0.0199. The number of pyridine rings is 1. The summed E-state index contributed by atoms with van der Waals surface area (Å²) in [6, 6.07) is 4.35. The van der Waals surface area contributed by atoms with E-state index in [9.17, 15) is 9.59 Å². The van der Waals surface area contributed by atoms with Gasteiger partial charge < -0.3 is 9.80 Å². The van der Waals surface area contributed by atoms with Gasteiger partial charge in [-0.2, -0.15) is 0 Å². The molecule has 3 aliphatic rings. The number of aromatic nitrogens is 1. The summed E-state index contributed by atoms with van der Waals surface area (Å²) in [5.74, 6) is 0.684. The highest BCUT2D eigenvalue weighted by Gasteiger charge is 2.36. The van der Waals surface area contributed by atoms with Crippen LogP contribution >= 0.6 is 0 Å². The number of piperidine rings is 1. The molecular weight excluding hydrogens is 316 g/mol. The maximum absolute atomic E-state index is 12.7. The Hall–Kier alpha value is -1.95. The van der Waals surface area contributed by atoms with Crippen molar-refractivity contribution >= 4 is 11.8 Å². The molecule has 2 atom stereocenters. The first-order chi connectivity index (χ1) is 12.0. The molecule has 2 bridgehead atoms. The van der Waals surface area contributed by atoms with Crippen LogP contribution in [-0.4, -0.2) is 71.3 Å². The van der Waals surface area contributed by atoms with Crippen LogP contribution in [0.15, 0.2) is 24.5 Å². The topological polar surface area (TPSA) is 56.8 Å². The normalized spacial score (nSPS) is 23.4. The number of fused-ring (bicyclic) bond motifs is 4. The lowest BCUT2D eigenvalue weighted by Crippen LogP contribution is -2.47. The Morgan fingerprint density at radius 1 is 1.20 bits per heavy atom. The maximum Gasteiger partial charge on any atom is 0.223 e. The predicted octanol–water partition coefficient (Wildman–Crippen LogP) is 1.37. The van der Waals surface area contributed by atoms with Crippen molar-refractivity contribution in [1.29, 1.82) is 0 Å². The van der Waals surface area contributed by atoms with Crippen molar-refractivity contribution < 1.29 is 9.59 Å². The highest BCUT2D eigenvalue weighted by molar-refractivity contribution is 5.83. The van der Waals surface area contributed by atoms with Gasteiger partial charge in [0.15, 0.2) is 0 Å². The largest absolute Gasteiger partial charge is 0.349 e. The molecule has 0 saturated carbocycles. The summed E-state index contributed by atoms with van der Waals surface area (Å²) in [5.41, 5.74) is 1.22. The van der Waals surface area contributed by atoms with Gasteiger partial charge in [0.25, 0.3) is 0 Å². The highest BCUT2D eigenvalue weighted by Crippen LogP contribution is 2.29. The molecule has 0 spiro atoms. The minimum absolute atomic E-state index is 0.0199. The molecule has 3 saturated heterocycles. The van der Waals surface area contributed by atoms with Crippen molar-refractivity contribution in [2.75, 3.05) is 33.7 Å². The highest BCUT2D eigenvalue weighted by atomic mass is 16.2. The average Bonchev–Trinajstić information content (AvgIpc) is 2.90. The van der Waals surface area contributed by atoms with Crippen LogP contribution in [0.2, 0.25) is 0 Å². The lowest BCUT2D eigenvalue weighted by Gasteiger charge is -2.36. The van der Waals surface area contributed by atoms with E-state index in [1.54, 1.807) is 25.2 Å². The molecule has 1 aromatic heterocycles. The zero-order chi connectivity index (χ0) is 17.8. The second kappa shape index (κ2) is 7.95. The number of hydrogen-bond donors (Lipinski definition) is 0. The van der Waals surface area contributed by atoms with E-state index < -0.39 is 0 Å². The minimum Gasteiger partial charge on any atom is -0.349 e. The van der Waals surface area contributed by atoms with E-state index in [0.29, 0.717) is 18.8 Å². The van der Waals surface area contributed by atoms with Gasteiger partial charge in [-0.1, -0.05) is 6.07 Å². The third-order valence-corrected chi connectivity index (χ3v) is 5.29. The average molecular weight is 344 g/mol. The van der Waals surface area contributed by atoms with Gasteiger partial charge in [0, 0.05) is 71.6 Å². The van der Waals surface area contributed by atoms with Crippen LogP contribution in [0.1, 0.15) is 31.2 Å². The van der Waals surface area contributed by atoms with Gasteiger partial charge in [-0.3, -0.25) is 19.5 Å². The van der Waals surface area contributed by atoms with Gasteiger partial charge in [0.1, 0.15) is 0 Å². The molecule has 136 valence electrons. The number of carbonyl (C=O) groups excluding carboxylic acids is 2. The van der Waals surface area contributed by atoms with Gasteiger partial charge in [-0.15, -0.1) is 0 Å². The van der Waals surface area contributed by atoms with Crippen molar-refractivity contribution in [3.63, 3.8) is 0 Å². The first-order valence-corrected chi connectivity index (χ1v) is 9.14. The van der Waals surface area contributed by atoms with Gasteiger partial charge in [0.2, 0.25) is 11.8 Å². The van der Waals surface area contributed by atoms with Crippen molar-refractivity contribution in [2.24, 2.45) is 5.92 Å². The summed E-state index contributed by atoms with van der Waals surface area (Å²) < 4.78 is 0. The maximum atomic E-state index is 12.7. The summed E-state index contributed by atoms with van der Waals surface area (Å²) in [4.78, 5) is 34.7.